The number of amides is 2. The van der Waals surface area contributed by atoms with Crippen LogP contribution in [0, 0.1) is 0 Å². The second-order valence-corrected chi connectivity index (χ2v) is 8.49. The lowest BCUT2D eigenvalue weighted by atomic mass is 10.1. The highest BCUT2D eigenvalue weighted by Crippen LogP contribution is 2.17. The number of carboxylic acids is 1. The molecule has 184 valence electrons. The number of nitrogens with one attached hydrogen (secondary N) is 1. The average Bonchev–Trinajstić information content (AvgIpc) is 3.30. The molecule has 1 aromatic rings. The van der Waals surface area contributed by atoms with Gasteiger partial charge in [-0.1, -0.05) is 15.9 Å². The Hall–Kier alpha value is -2.18. The van der Waals surface area contributed by atoms with Gasteiger partial charge in [0.25, 0.3) is 5.91 Å². The van der Waals surface area contributed by atoms with Gasteiger partial charge >= 0.3 is 12.1 Å². The molecule has 0 saturated carbocycles. The van der Waals surface area contributed by atoms with E-state index < -0.39 is 12.1 Å². The first-order valence-electron chi connectivity index (χ1n) is 10.5. The van der Waals surface area contributed by atoms with Crippen molar-refractivity contribution in [2.24, 2.45) is 0 Å². The summed E-state index contributed by atoms with van der Waals surface area (Å²) in [6.07, 6.45) is -2.65. The third-order valence-electron chi connectivity index (χ3n) is 5.13. The van der Waals surface area contributed by atoms with Crippen LogP contribution in [-0.2, 0) is 14.3 Å². The van der Waals surface area contributed by atoms with Crippen molar-refractivity contribution in [2.75, 3.05) is 45.9 Å². The Morgan fingerprint density at radius 1 is 1.18 bits per heavy atom. The number of nitrogens with zero attached hydrogens (tertiary/aromatic N) is 2. The van der Waals surface area contributed by atoms with Crippen molar-refractivity contribution in [1.29, 1.82) is 0 Å². The number of carboxylic acid groups (broad SMARTS) is 1. The molecule has 2 amide bonds. The molecule has 1 unspecified atom stereocenters. The number of benzene rings is 1. The van der Waals surface area contributed by atoms with Crippen molar-refractivity contribution >= 4 is 33.7 Å². The summed E-state index contributed by atoms with van der Waals surface area (Å²) < 4.78 is 38.4. The van der Waals surface area contributed by atoms with E-state index >= 15 is 0 Å². The summed E-state index contributed by atoms with van der Waals surface area (Å²) in [6, 6.07) is 7.35. The molecule has 2 N–H and O–H groups in total. The number of hydrogen-bond acceptors (Lipinski definition) is 5. The number of halogens is 4. The third-order valence-corrected chi connectivity index (χ3v) is 5.66. The Morgan fingerprint density at radius 3 is 2.30 bits per heavy atom. The van der Waals surface area contributed by atoms with Gasteiger partial charge in [-0.3, -0.25) is 9.59 Å². The molecule has 33 heavy (non-hydrogen) atoms. The van der Waals surface area contributed by atoms with Gasteiger partial charge in [-0.05, 0) is 37.1 Å². The lowest BCUT2D eigenvalue weighted by Gasteiger charge is -2.30. The smallest absolute Gasteiger partial charge is 0.475 e. The quantitative estimate of drug-likeness (QED) is 0.578. The summed E-state index contributed by atoms with van der Waals surface area (Å²) in [7, 11) is 0. The van der Waals surface area contributed by atoms with E-state index in [4.69, 9.17) is 14.6 Å². The van der Waals surface area contributed by atoms with Crippen LogP contribution in [0.25, 0.3) is 0 Å². The molecule has 3 rings (SSSR count). The van der Waals surface area contributed by atoms with Crippen molar-refractivity contribution in [2.45, 2.75) is 31.5 Å². The minimum absolute atomic E-state index is 0.0406. The van der Waals surface area contributed by atoms with E-state index in [9.17, 15) is 22.8 Å². The third kappa shape index (κ3) is 9.30. The first-order valence-corrected chi connectivity index (χ1v) is 11.3. The van der Waals surface area contributed by atoms with Crippen LogP contribution in [0.1, 0.15) is 29.6 Å². The Kier molecular flexibility index (Phi) is 10.6. The number of alkyl halides is 3. The Bertz CT molecular complexity index is 795. The molecule has 2 aliphatic heterocycles. The van der Waals surface area contributed by atoms with E-state index in [-0.39, 0.29) is 17.9 Å². The number of aliphatic carboxylic acids is 1. The van der Waals surface area contributed by atoms with Crippen molar-refractivity contribution < 1.29 is 37.4 Å². The summed E-state index contributed by atoms with van der Waals surface area (Å²) >= 11 is 3.40. The SMILES string of the molecule is O=C(CCN(CC1CCCO1)C(=O)c1ccc(Br)cc1)N1CCNCC1.O=C(O)C(F)(F)F. The first-order chi connectivity index (χ1) is 15.6. The van der Waals surface area contributed by atoms with Crippen LogP contribution in [0.2, 0.25) is 0 Å². The summed E-state index contributed by atoms with van der Waals surface area (Å²) in [6.45, 7) is 4.88. The number of hydrogen-bond donors (Lipinski definition) is 2. The van der Waals surface area contributed by atoms with Crippen LogP contribution in [0.15, 0.2) is 28.7 Å². The molecular formula is C21H27BrF3N3O5. The first kappa shape index (κ1) is 27.1. The molecule has 0 spiro atoms. The van der Waals surface area contributed by atoms with Gasteiger partial charge in [0.2, 0.25) is 5.91 Å². The molecule has 0 bridgehead atoms. The summed E-state index contributed by atoms with van der Waals surface area (Å²) in [5.74, 6) is -2.68. The van der Waals surface area contributed by atoms with Gasteiger partial charge in [0.15, 0.2) is 0 Å². The molecule has 8 nitrogen and oxygen atoms in total. The van der Waals surface area contributed by atoms with Gasteiger partial charge in [-0.2, -0.15) is 13.2 Å². The average molecular weight is 538 g/mol. The molecule has 0 aromatic heterocycles. The molecule has 2 aliphatic rings. The zero-order valence-corrected chi connectivity index (χ0v) is 19.5. The maximum atomic E-state index is 13.0. The molecular weight excluding hydrogens is 511 g/mol. The van der Waals surface area contributed by atoms with Crippen LogP contribution >= 0.6 is 15.9 Å². The van der Waals surface area contributed by atoms with Gasteiger partial charge in [0, 0.05) is 62.3 Å². The zero-order valence-electron chi connectivity index (χ0n) is 17.9. The van der Waals surface area contributed by atoms with E-state index in [1.165, 1.54) is 0 Å². The largest absolute Gasteiger partial charge is 0.490 e. The molecule has 12 heteroatoms. The zero-order chi connectivity index (χ0) is 24.4. The maximum absolute atomic E-state index is 13.0. The predicted octanol–water partition coefficient (Wildman–Crippen LogP) is 2.53. The van der Waals surface area contributed by atoms with Gasteiger partial charge in [-0.15, -0.1) is 0 Å². The van der Waals surface area contributed by atoms with Crippen molar-refractivity contribution in [1.82, 2.24) is 15.1 Å². The number of carbonyl (C=O) groups excluding carboxylic acids is 2. The van der Waals surface area contributed by atoms with Crippen molar-refractivity contribution in [3.05, 3.63) is 34.3 Å². The second kappa shape index (κ2) is 12.9. The summed E-state index contributed by atoms with van der Waals surface area (Å²) in [4.78, 5) is 38.0. The monoisotopic (exact) mass is 537 g/mol. The standard InChI is InChI=1S/C19H26BrN3O3.C2HF3O2/c20-16-5-3-15(4-6-16)19(25)23(14-17-2-1-13-26-17)10-7-18(24)22-11-8-21-9-12-22;3-2(4,5)1(6)7/h3-6,17,21H,1-2,7-14H2;(H,6,7). The fourth-order valence-electron chi connectivity index (χ4n) is 3.39. The molecule has 2 heterocycles. The summed E-state index contributed by atoms with van der Waals surface area (Å²) in [5.41, 5.74) is 0.640. The predicted molar refractivity (Wildman–Crippen MR) is 117 cm³/mol. The van der Waals surface area contributed by atoms with Gasteiger partial charge < -0.3 is 25.0 Å². The Balaban J connectivity index is 0.000000479. The number of rotatable bonds is 6. The maximum Gasteiger partial charge on any atom is 0.490 e. The van der Waals surface area contributed by atoms with Crippen molar-refractivity contribution in [3.8, 4) is 0 Å². The molecule has 0 radical (unpaired) electrons. The van der Waals surface area contributed by atoms with E-state index in [2.05, 4.69) is 21.2 Å². The van der Waals surface area contributed by atoms with E-state index in [0.717, 1.165) is 50.1 Å². The highest BCUT2D eigenvalue weighted by molar-refractivity contribution is 9.10. The van der Waals surface area contributed by atoms with Crippen LogP contribution in [0.4, 0.5) is 13.2 Å². The molecule has 1 aromatic carbocycles. The molecule has 1 atom stereocenters. The number of carbonyl (C=O) groups is 3. The van der Waals surface area contributed by atoms with Crippen LogP contribution in [0.5, 0.6) is 0 Å². The second-order valence-electron chi connectivity index (χ2n) is 7.58. The molecule has 2 saturated heterocycles. The fourth-order valence-corrected chi connectivity index (χ4v) is 3.65. The minimum atomic E-state index is -5.08. The van der Waals surface area contributed by atoms with E-state index in [1.807, 2.05) is 29.2 Å². The summed E-state index contributed by atoms with van der Waals surface area (Å²) in [5, 5.41) is 10.4. The number of piperazine rings is 1. The molecule has 2 fully saturated rings. The van der Waals surface area contributed by atoms with Crippen LogP contribution < -0.4 is 5.32 Å². The highest BCUT2D eigenvalue weighted by atomic mass is 79.9. The Labute approximate surface area is 198 Å². The van der Waals surface area contributed by atoms with Gasteiger partial charge in [0.05, 0.1) is 6.10 Å². The van der Waals surface area contributed by atoms with Crippen LogP contribution in [-0.4, -0.2) is 90.8 Å². The lowest BCUT2D eigenvalue weighted by Crippen LogP contribution is -2.47. The van der Waals surface area contributed by atoms with Crippen LogP contribution in [0.3, 0.4) is 0 Å². The van der Waals surface area contributed by atoms with Gasteiger partial charge in [0.1, 0.15) is 0 Å². The number of ether oxygens (including phenoxy) is 1. The minimum Gasteiger partial charge on any atom is -0.475 e. The fraction of sp³-hybridized carbons (Fsp3) is 0.571. The normalized spacial score (nSPS) is 18.3. The topological polar surface area (TPSA) is 99.2 Å². The van der Waals surface area contributed by atoms with Gasteiger partial charge in [-0.25, -0.2) is 4.79 Å². The highest BCUT2D eigenvalue weighted by Gasteiger charge is 2.38. The van der Waals surface area contributed by atoms with E-state index in [0.29, 0.717) is 25.1 Å². The molecule has 0 aliphatic carbocycles. The van der Waals surface area contributed by atoms with E-state index in [1.54, 1.807) is 4.90 Å². The Morgan fingerprint density at radius 2 is 1.79 bits per heavy atom. The lowest BCUT2D eigenvalue weighted by molar-refractivity contribution is -0.192. The van der Waals surface area contributed by atoms with Crippen molar-refractivity contribution in [3.63, 3.8) is 0 Å².